The number of pyridine rings is 1. The van der Waals surface area contributed by atoms with Crippen molar-refractivity contribution in [3.63, 3.8) is 0 Å². The Morgan fingerprint density at radius 1 is 1.40 bits per heavy atom. The Balaban J connectivity index is 2.27. The second kappa shape index (κ2) is 7.11. The van der Waals surface area contributed by atoms with Gasteiger partial charge in [-0.05, 0) is 42.0 Å². The molecule has 1 atom stereocenters. The SMILES string of the molecule is CCNC(Cc1ccncc1Cl)c1snnc1C(C)C. The lowest BCUT2D eigenvalue weighted by molar-refractivity contribution is 0.549. The lowest BCUT2D eigenvalue weighted by atomic mass is 10.0. The van der Waals surface area contributed by atoms with Gasteiger partial charge in [-0.2, -0.15) is 0 Å². The van der Waals surface area contributed by atoms with Crippen LogP contribution >= 0.6 is 23.1 Å². The van der Waals surface area contributed by atoms with E-state index in [2.05, 4.69) is 40.7 Å². The summed E-state index contributed by atoms with van der Waals surface area (Å²) in [5, 5.41) is 8.48. The molecule has 1 unspecified atom stereocenters. The van der Waals surface area contributed by atoms with Gasteiger partial charge in [-0.15, -0.1) is 5.10 Å². The van der Waals surface area contributed by atoms with Gasteiger partial charge in [-0.25, -0.2) is 0 Å². The largest absolute Gasteiger partial charge is 0.309 e. The van der Waals surface area contributed by atoms with Gasteiger partial charge in [0.05, 0.1) is 15.6 Å². The van der Waals surface area contributed by atoms with Crippen LogP contribution in [-0.4, -0.2) is 21.1 Å². The molecule has 2 aromatic rings. The molecule has 0 saturated carbocycles. The van der Waals surface area contributed by atoms with Crippen molar-refractivity contribution in [1.82, 2.24) is 19.9 Å². The Hall–Kier alpha value is -1.04. The molecule has 0 spiro atoms. The molecule has 0 bridgehead atoms. The van der Waals surface area contributed by atoms with E-state index in [4.69, 9.17) is 11.6 Å². The van der Waals surface area contributed by atoms with Crippen molar-refractivity contribution in [3.8, 4) is 0 Å². The molecule has 0 amide bonds. The van der Waals surface area contributed by atoms with E-state index in [1.54, 1.807) is 12.4 Å². The van der Waals surface area contributed by atoms with E-state index in [1.165, 1.54) is 16.4 Å². The van der Waals surface area contributed by atoms with Crippen molar-refractivity contribution in [2.24, 2.45) is 0 Å². The molecule has 108 valence electrons. The highest BCUT2D eigenvalue weighted by atomic mass is 35.5. The van der Waals surface area contributed by atoms with Crippen LogP contribution in [0.5, 0.6) is 0 Å². The van der Waals surface area contributed by atoms with Crippen molar-refractivity contribution in [2.75, 3.05) is 6.54 Å². The first kappa shape index (κ1) is 15.4. The predicted molar refractivity (Wildman–Crippen MR) is 83.4 cm³/mol. The number of hydrogen-bond donors (Lipinski definition) is 1. The summed E-state index contributed by atoms with van der Waals surface area (Å²) in [6.07, 6.45) is 4.28. The molecule has 2 aromatic heterocycles. The van der Waals surface area contributed by atoms with E-state index in [-0.39, 0.29) is 6.04 Å². The molecular weight excluding hydrogens is 292 g/mol. The molecule has 0 aliphatic rings. The molecule has 20 heavy (non-hydrogen) atoms. The minimum Gasteiger partial charge on any atom is -0.309 e. The molecule has 6 heteroatoms. The van der Waals surface area contributed by atoms with Crippen molar-refractivity contribution < 1.29 is 0 Å². The van der Waals surface area contributed by atoms with Gasteiger partial charge in [0.1, 0.15) is 0 Å². The highest BCUT2D eigenvalue weighted by Gasteiger charge is 2.21. The Morgan fingerprint density at radius 3 is 2.85 bits per heavy atom. The molecule has 0 aromatic carbocycles. The van der Waals surface area contributed by atoms with Crippen LogP contribution < -0.4 is 5.32 Å². The normalized spacial score (nSPS) is 12.8. The summed E-state index contributed by atoms with van der Waals surface area (Å²) in [4.78, 5) is 5.24. The third kappa shape index (κ3) is 3.53. The minimum atomic E-state index is 0.192. The summed E-state index contributed by atoms with van der Waals surface area (Å²) < 4.78 is 4.12. The summed E-state index contributed by atoms with van der Waals surface area (Å²) in [6, 6.07) is 2.16. The van der Waals surface area contributed by atoms with Gasteiger partial charge in [0.2, 0.25) is 0 Å². The second-order valence-electron chi connectivity index (χ2n) is 4.96. The van der Waals surface area contributed by atoms with Crippen LogP contribution in [0.3, 0.4) is 0 Å². The van der Waals surface area contributed by atoms with E-state index < -0.39 is 0 Å². The van der Waals surface area contributed by atoms with Gasteiger partial charge in [-0.1, -0.05) is 36.9 Å². The highest BCUT2D eigenvalue weighted by molar-refractivity contribution is 7.05. The fourth-order valence-corrected chi connectivity index (χ4v) is 3.22. The molecule has 2 rings (SSSR count). The number of hydrogen-bond acceptors (Lipinski definition) is 5. The lowest BCUT2D eigenvalue weighted by Gasteiger charge is -2.18. The Bertz CT molecular complexity index is 556. The summed E-state index contributed by atoms with van der Waals surface area (Å²) in [5.74, 6) is 0.373. The molecule has 0 saturated heterocycles. The van der Waals surface area contributed by atoms with E-state index in [9.17, 15) is 0 Å². The molecule has 0 aliphatic heterocycles. The van der Waals surface area contributed by atoms with Crippen LogP contribution in [0.2, 0.25) is 5.02 Å². The van der Waals surface area contributed by atoms with Gasteiger partial charge < -0.3 is 5.32 Å². The van der Waals surface area contributed by atoms with Crippen LogP contribution in [0.25, 0.3) is 0 Å². The molecule has 2 heterocycles. The number of likely N-dealkylation sites (N-methyl/N-ethyl adjacent to an activating group) is 1. The Morgan fingerprint density at radius 2 is 2.20 bits per heavy atom. The minimum absolute atomic E-state index is 0.192. The maximum Gasteiger partial charge on any atom is 0.0829 e. The van der Waals surface area contributed by atoms with E-state index in [1.807, 2.05) is 6.07 Å². The monoisotopic (exact) mass is 310 g/mol. The standard InChI is InChI=1S/C14H19ClN4S/c1-4-17-12(7-10-5-6-16-8-11(10)15)14-13(9(2)3)18-19-20-14/h5-6,8-9,12,17H,4,7H2,1-3H3. The smallest absolute Gasteiger partial charge is 0.0829 e. The summed E-state index contributed by atoms with van der Waals surface area (Å²) in [5.41, 5.74) is 2.17. The molecule has 0 fully saturated rings. The topological polar surface area (TPSA) is 50.7 Å². The lowest BCUT2D eigenvalue weighted by Crippen LogP contribution is -2.23. The Kier molecular flexibility index (Phi) is 5.46. The van der Waals surface area contributed by atoms with Crippen molar-refractivity contribution in [1.29, 1.82) is 0 Å². The average Bonchev–Trinajstić information content (AvgIpc) is 2.90. The zero-order chi connectivity index (χ0) is 14.5. The predicted octanol–water partition coefficient (Wildman–Crippen LogP) is 3.60. The van der Waals surface area contributed by atoms with Crippen molar-refractivity contribution >= 4 is 23.1 Å². The van der Waals surface area contributed by atoms with Gasteiger partial charge in [0.25, 0.3) is 0 Å². The van der Waals surface area contributed by atoms with E-state index in [0.29, 0.717) is 10.9 Å². The summed E-state index contributed by atoms with van der Waals surface area (Å²) in [7, 11) is 0. The van der Waals surface area contributed by atoms with Crippen molar-refractivity contribution in [2.45, 2.75) is 39.2 Å². The first-order valence-corrected chi connectivity index (χ1v) is 7.92. The molecule has 0 aliphatic carbocycles. The van der Waals surface area contributed by atoms with Gasteiger partial charge >= 0.3 is 0 Å². The molecular formula is C14H19ClN4S. The first-order chi connectivity index (χ1) is 9.63. The maximum absolute atomic E-state index is 6.21. The van der Waals surface area contributed by atoms with Gasteiger partial charge in [0.15, 0.2) is 0 Å². The molecule has 0 radical (unpaired) electrons. The van der Waals surface area contributed by atoms with Crippen LogP contribution in [0.15, 0.2) is 18.5 Å². The van der Waals surface area contributed by atoms with Crippen molar-refractivity contribution in [3.05, 3.63) is 39.6 Å². The summed E-state index contributed by atoms with van der Waals surface area (Å²) >= 11 is 7.68. The summed E-state index contributed by atoms with van der Waals surface area (Å²) in [6.45, 7) is 7.28. The number of nitrogens with zero attached hydrogens (tertiary/aromatic N) is 3. The fraction of sp³-hybridized carbons (Fsp3) is 0.500. The van der Waals surface area contributed by atoms with Gasteiger partial charge in [0, 0.05) is 18.4 Å². The van der Waals surface area contributed by atoms with E-state index in [0.717, 1.165) is 24.2 Å². The zero-order valence-corrected chi connectivity index (χ0v) is 13.5. The number of nitrogens with one attached hydrogen (secondary N) is 1. The average molecular weight is 311 g/mol. The Labute approximate surface area is 128 Å². The quantitative estimate of drug-likeness (QED) is 0.885. The maximum atomic E-state index is 6.21. The van der Waals surface area contributed by atoms with Gasteiger partial charge in [-0.3, -0.25) is 4.98 Å². The molecule has 1 N–H and O–H groups in total. The van der Waals surface area contributed by atoms with Crippen LogP contribution in [0.1, 0.15) is 48.9 Å². The third-order valence-corrected chi connectivity index (χ3v) is 4.33. The molecule has 4 nitrogen and oxygen atoms in total. The van der Waals surface area contributed by atoms with Crippen LogP contribution in [0, 0.1) is 0 Å². The fourth-order valence-electron chi connectivity index (χ4n) is 2.14. The van der Waals surface area contributed by atoms with Crippen LogP contribution in [0.4, 0.5) is 0 Å². The zero-order valence-electron chi connectivity index (χ0n) is 11.9. The van der Waals surface area contributed by atoms with E-state index >= 15 is 0 Å². The number of halogens is 1. The first-order valence-electron chi connectivity index (χ1n) is 6.77. The third-order valence-electron chi connectivity index (χ3n) is 3.13. The highest BCUT2D eigenvalue weighted by Crippen LogP contribution is 2.30. The number of aromatic nitrogens is 3. The second-order valence-corrected chi connectivity index (χ2v) is 6.15. The number of rotatable bonds is 6. The van der Waals surface area contributed by atoms with Crippen LogP contribution in [-0.2, 0) is 6.42 Å².